The van der Waals surface area contributed by atoms with E-state index < -0.39 is 17.8 Å². The molecule has 1 aliphatic carbocycles. The van der Waals surface area contributed by atoms with Gasteiger partial charge in [0.1, 0.15) is 18.6 Å². The molecule has 0 radical (unpaired) electrons. The summed E-state index contributed by atoms with van der Waals surface area (Å²) < 4.78 is 7.75. The number of amides is 2. The van der Waals surface area contributed by atoms with Crippen LogP contribution in [0.3, 0.4) is 0 Å². The zero-order valence-corrected chi connectivity index (χ0v) is 21.3. The topological polar surface area (TPSA) is 127 Å². The lowest BCUT2D eigenvalue weighted by molar-refractivity contribution is -0.123. The second kappa shape index (κ2) is 12.0. The molecule has 1 aromatic carbocycles. The third-order valence-corrected chi connectivity index (χ3v) is 7.33. The van der Waals surface area contributed by atoms with Crippen LogP contribution in [0.25, 0.3) is 5.69 Å². The van der Waals surface area contributed by atoms with Gasteiger partial charge >= 0.3 is 5.69 Å². The van der Waals surface area contributed by atoms with Crippen molar-refractivity contribution < 1.29 is 19.4 Å². The van der Waals surface area contributed by atoms with Gasteiger partial charge in [0.05, 0.1) is 16.3 Å². The Hall–Kier alpha value is -2.69. The second-order valence-corrected chi connectivity index (χ2v) is 10.0. The van der Waals surface area contributed by atoms with Gasteiger partial charge < -0.3 is 20.5 Å². The van der Waals surface area contributed by atoms with Crippen LogP contribution in [0.5, 0.6) is 0 Å². The largest absolute Gasteiger partial charge is 0.381 e. The van der Waals surface area contributed by atoms with Crippen LogP contribution >= 0.6 is 11.6 Å². The van der Waals surface area contributed by atoms with E-state index in [0.717, 1.165) is 56.0 Å². The van der Waals surface area contributed by atoms with E-state index in [2.05, 4.69) is 15.7 Å². The minimum Gasteiger partial charge on any atom is -0.381 e. The lowest BCUT2D eigenvalue weighted by atomic mass is 9.98. The average Bonchev–Trinajstić information content (AvgIpc) is 3.03. The Bertz CT molecular complexity index is 1130. The van der Waals surface area contributed by atoms with E-state index >= 15 is 0 Å². The van der Waals surface area contributed by atoms with Crippen LogP contribution in [0.15, 0.2) is 23.0 Å². The zero-order valence-electron chi connectivity index (χ0n) is 20.5. The number of ether oxygens (including phenoxy) is 1. The minimum absolute atomic E-state index is 0.00617. The lowest BCUT2D eigenvalue weighted by Crippen LogP contribution is -2.42. The first-order valence-corrected chi connectivity index (χ1v) is 13.0. The number of benzene rings is 1. The highest BCUT2D eigenvalue weighted by molar-refractivity contribution is 6.33. The van der Waals surface area contributed by atoms with Crippen LogP contribution in [0.4, 0.5) is 0 Å². The quantitative estimate of drug-likeness (QED) is 0.380. The maximum Gasteiger partial charge on any atom is 0.351 e. The predicted molar refractivity (Wildman–Crippen MR) is 134 cm³/mol. The van der Waals surface area contributed by atoms with Gasteiger partial charge in [0.2, 0.25) is 5.91 Å². The normalized spacial score (nSPS) is 18.4. The molecule has 11 heteroatoms. The van der Waals surface area contributed by atoms with E-state index in [-0.39, 0.29) is 35.0 Å². The maximum atomic E-state index is 13.1. The summed E-state index contributed by atoms with van der Waals surface area (Å²) >= 11 is 6.29. The monoisotopic (exact) mass is 519 g/mol. The number of nitrogens with one attached hydrogen (secondary N) is 2. The summed E-state index contributed by atoms with van der Waals surface area (Å²) in [6, 6.07) is 4.60. The molecule has 1 aliphatic heterocycles. The molecular formula is C25H34ClN5O5. The molecule has 4 rings (SSSR count). The number of hydrogen-bond donors (Lipinski definition) is 3. The highest BCUT2D eigenvalue weighted by Crippen LogP contribution is 2.25. The van der Waals surface area contributed by atoms with E-state index in [1.54, 1.807) is 13.0 Å². The molecule has 2 amide bonds. The number of aryl methyl sites for hydroxylation is 1. The number of halogens is 1. The third kappa shape index (κ3) is 6.35. The number of rotatable bonds is 7. The van der Waals surface area contributed by atoms with Crippen LogP contribution in [0.2, 0.25) is 5.02 Å². The Morgan fingerprint density at radius 2 is 1.86 bits per heavy atom. The maximum absolute atomic E-state index is 13.1. The highest BCUT2D eigenvalue weighted by atomic mass is 35.5. The smallest absolute Gasteiger partial charge is 0.351 e. The Kier molecular flexibility index (Phi) is 8.81. The number of aliphatic hydroxyl groups excluding tert-OH is 1. The Labute approximate surface area is 215 Å². The van der Waals surface area contributed by atoms with Crippen molar-refractivity contribution in [2.24, 2.45) is 5.92 Å². The molecule has 10 nitrogen and oxygen atoms in total. The van der Waals surface area contributed by atoms with Gasteiger partial charge in [-0.25, -0.2) is 4.79 Å². The number of aliphatic hydroxyl groups is 1. The summed E-state index contributed by atoms with van der Waals surface area (Å²) in [5.41, 5.74) is -0.0230. The molecule has 0 spiro atoms. The van der Waals surface area contributed by atoms with Crippen LogP contribution in [-0.2, 0) is 16.1 Å². The summed E-state index contributed by atoms with van der Waals surface area (Å²) in [7, 11) is 0. The summed E-state index contributed by atoms with van der Waals surface area (Å²) in [5, 5.41) is 20.7. The number of carbonyl (C=O) groups is 2. The molecule has 1 saturated heterocycles. The summed E-state index contributed by atoms with van der Waals surface area (Å²) in [4.78, 5) is 38.6. The molecule has 36 heavy (non-hydrogen) atoms. The van der Waals surface area contributed by atoms with Crippen LogP contribution in [0, 0.1) is 12.8 Å². The molecule has 2 aliphatic rings. The number of nitrogens with zero attached hydrogens (tertiary/aromatic N) is 3. The fraction of sp³-hybridized carbons (Fsp3) is 0.600. The van der Waals surface area contributed by atoms with E-state index in [9.17, 15) is 19.5 Å². The fourth-order valence-electron chi connectivity index (χ4n) is 4.88. The Balaban J connectivity index is 1.48. The van der Waals surface area contributed by atoms with Gasteiger partial charge in [-0.3, -0.25) is 14.2 Å². The van der Waals surface area contributed by atoms with E-state index in [1.165, 1.54) is 16.7 Å². The predicted octanol–water partition coefficient (Wildman–Crippen LogP) is 2.31. The SMILES string of the molecule is Cc1nn(-c2ccc(Cl)c(C(=O)NC(O)C3CCCCCC3)c2)c(=O)n1CC(=O)NC1CCOCC1. The van der Waals surface area contributed by atoms with E-state index in [4.69, 9.17) is 16.3 Å². The number of aromatic nitrogens is 3. The van der Waals surface area contributed by atoms with Crippen molar-refractivity contribution in [3.8, 4) is 5.69 Å². The first-order valence-electron chi connectivity index (χ1n) is 12.7. The first kappa shape index (κ1) is 26.4. The highest BCUT2D eigenvalue weighted by Gasteiger charge is 2.24. The van der Waals surface area contributed by atoms with Crippen LogP contribution < -0.4 is 16.3 Å². The fourth-order valence-corrected chi connectivity index (χ4v) is 5.08. The Morgan fingerprint density at radius 3 is 2.56 bits per heavy atom. The van der Waals surface area contributed by atoms with Gasteiger partial charge in [-0.2, -0.15) is 9.78 Å². The summed E-state index contributed by atoms with van der Waals surface area (Å²) in [6.07, 6.45) is 6.60. The first-order chi connectivity index (χ1) is 17.3. The summed E-state index contributed by atoms with van der Waals surface area (Å²) in [5.74, 6) is -0.410. The summed E-state index contributed by atoms with van der Waals surface area (Å²) in [6.45, 7) is 2.70. The molecule has 2 aromatic rings. The molecule has 1 atom stereocenters. The van der Waals surface area contributed by atoms with Crippen LogP contribution in [-0.4, -0.2) is 56.8 Å². The minimum atomic E-state index is -0.964. The van der Waals surface area contributed by atoms with Crippen molar-refractivity contribution in [1.82, 2.24) is 25.0 Å². The molecule has 3 N–H and O–H groups in total. The van der Waals surface area contributed by atoms with Gasteiger partial charge in [0, 0.05) is 25.2 Å². The molecule has 2 heterocycles. The molecule has 196 valence electrons. The zero-order chi connectivity index (χ0) is 25.7. The molecule has 2 fully saturated rings. The second-order valence-electron chi connectivity index (χ2n) is 9.62. The Morgan fingerprint density at radius 1 is 1.17 bits per heavy atom. The number of carbonyl (C=O) groups excluding carboxylic acids is 2. The molecule has 1 saturated carbocycles. The van der Waals surface area contributed by atoms with Crippen molar-refractivity contribution in [3.63, 3.8) is 0 Å². The molecule has 0 bridgehead atoms. The van der Waals surface area contributed by atoms with Crippen molar-refractivity contribution in [2.75, 3.05) is 13.2 Å². The lowest BCUT2D eigenvalue weighted by Gasteiger charge is -2.23. The molecule has 1 unspecified atom stereocenters. The van der Waals surface area contributed by atoms with Gasteiger partial charge in [-0.15, -0.1) is 0 Å². The van der Waals surface area contributed by atoms with Gasteiger partial charge in [-0.1, -0.05) is 37.3 Å². The molecular weight excluding hydrogens is 486 g/mol. The standard InChI is InChI=1S/C25H34ClN5O5/c1-16-29-31(25(35)30(16)15-22(32)27-18-10-12-36-13-11-18)19-8-9-21(26)20(14-19)24(34)28-23(33)17-6-4-2-3-5-7-17/h8-9,14,17-18,23,33H,2-7,10-13,15H2,1H3,(H,27,32)(H,28,34). The number of hydrogen-bond acceptors (Lipinski definition) is 6. The van der Waals surface area contributed by atoms with Gasteiger partial charge in [-0.05, 0) is 50.8 Å². The van der Waals surface area contributed by atoms with Crippen molar-refractivity contribution in [3.05, 3.63) is 45.1 Å². The van der Waals surface area contributed by atoms with E-state index in [1.807, 2.05) is 0 Å². The van der Waals surface area contributed by atoms with Gasteiger partial charge in [0.25, 0.3) is 5.91 Å². The van der Waals surface area contributed by atoms with Crippen molar-refractivity contribution in [2.45, 2.75) is 77.1 Å². The van der Waals surface area contributed by atoms with E-state index in [0.29, 0.717) is 24.7 Å². The third-order valence-electron chi connectivity index (χ3n) is 7.00. The average molecular weight is 520 g/mol. The molecule has 1 aromatic heterocycles. The van der Waals surface area contributed by atoms with Crippen LogP contribution in [0.1, 0.15) is 67.5 Å². The van der Waals surface area contributed by atoms with Crippen molar-refractivity contribution >= 4 is 23.4 Å². The van der Waals surface area contributed by atoms with Gasteiger partial charge in [0.15, 0.2) is 0 Å². The van der Waals surface area contributed by atoms with Crippen molar-refractivity contribution in [1.29, 1.82) is 0 Å².